The number of hydrogen-bond acceptors (Lipinski definition) is 5. The monoisotopic (exact) mass is 522 g/mol. The molecule has 3 aromatic heterocycles. The molecule has 0 saturated heterocycles. The van der Waals surface area contributed by atoms with E-state index in [9.17, 15) is 4.79 Å². The Hall–Kier alpha value is -3.00. The van der Waals surface area contributed by atoms with E-state index in [-0.39, 0.29) is 27.6 Å². The molecule has 7 nitrogen and oxygen atoms in total. The zero-order valence-electron chi connectivity index (χ0n) is 19.9. The smallest absolute Gasteiger partial charge is 0.254 e. The Labute approximate surface area is 220 Å². The summed E-state index contributed by atoms with van der Waals surface area (Å²) in [6, 6.07) is 12.6. The molecular formula is C27H28Cl2N6O. The Morgan fingerprint density at radius 3 is 2.78 bits per heavy atom. The molecule has 1 amide bonds. The fraction of sp³-hybridized carbons (Fsp3) is 0.333. The van der Waals surface area contributed by atoms with Gasteiger partial charge in [0.05, 0.1) is 44.9 Å². The first-order chi connectivity index (χ1) is 17.6. The van der Waals surface area contributed by atoms with Gasteiger partial charge in [0.15, 0.2) is 0 Å². The van der Waals surface area contributed by atoms with Gasteiger partial charge in [0, 0.05) is 25.1 Å². The van der Waals surface area contributed by atoms with E-state index in [1.807, 2.05) is 30.5 Å². The van der Waals surface area contributed by atoms with E-state index in [2.05, 4.69) is 32.3 Å². The lowest BCUT2D eigenvalue weighted by molar-refractivity contribution is 0.0952. The molecule has 1 aromatic carbocycles. The normalized spacial score (nSPS) is 15.2. The topological polar surface area (TPSA) is 86.8 Å². The summed E-state index contributed by atoms with van der Waals surface area (Å²) in [4.78, 5) is 32.0. The number of pyridine rings is 2. The molecule has 3 heterocycles. The van der Waals surface area contributed by atoms with E-state index in [0.717, 1.165) is 55.5 Å². The lowest BCUT2D eigenvalue weighted by atomic mass is 9.90. The van der Waals surface area contributed by atoms with Crippen LogP contribution in [0.5, 0.6) is 0 Å². The lowest BCUT2D eigenvalue weighted by Gasteiger charge is -2.34. The molecule has 5 rings (SSSR count). The van der Waals surface area contributed by atoms with E-state index >= 15 is 0 Å². The molecule has 36 heavy (non-hydrogen) atoms. The van der Waals surface area contributed by atoms with Crippen molar-refractivity contribution in [2.45, 2.75) is 44.7 Å². The van der Waals surface area contributed by atoms with Crippen molar-refractivity contribution in [3.05, 3.63) is 87.7 Å². The number of unbranched alkanes of at least 4 members (excludes halogenated alkanes) is 1. The average molecular weight is 523 g/mol. The van der Waals surface area contributed by atoms with Gasteiger partial charge >= 0.3 is 0 Å². The minimum Gasteiger partial charge on any atom is -0.352 e. The van der Waals surface area contributed by atoms with Gasteiger partial charge in [-0.2, -0.15) is 0 Å². The predicted molar refractivity (Wildman–Crippen MR) is 142 cm³/mol. The van der Waals surface area contributed by atoms with E-state index in [0.29, 0.717) is 13.1 Å². The van der Waals surface area contributed by atoms with Crippen LogP contribution in [-0.4, -0.2) is 43.8 Å². The summed E-state index contributed by atoms with van der Waals surface area (Å²) in [5.41, 5.74) is 4.80. The van der Waals surface area contributed by atoms with Gasteiger partial charge in [-0.15, -0.1) is 0 Å². The number of hydrogen-bond donors (Lipinski definition) is 2. The third kappa shape index (κ3) is 5.53. The first-order valence-electron chi connectivity index (χ1n) is 12.3. The summed E-state index contributed by atoms with van der Waals surface area (Å²) in [5, 5.41) is 3.43. The van der Waals surface area contributed by atoms with Crippen LogP contribution in [0, 0.1) is 0 Å². The zero-order chi connectivity index (χ0) is 24.9. The second-order valence-corrected chi connectivity index (χ2v) is 9.88. The summed E-state index contributed by atoms with van der Waals surface area (Å²) < 4.78 is 0. The number of nitrogens with zero attached hydrogens (tertiary/aromatic N) is 4. The Morgan fingerprint density at radius 1 is 1.11 bits per heavy atom. The number of amides is 1. The number of carbonyl (C=O) groups excluding carboxylic acids is 1. The summed E-state index contributed by atoms with van der Waals surface area (Å²) in [7, 11) is 0. The van der Waals surface area contributed by atoms with Crippen molar-refractivity contribution in [2.75, 3.05) is 13.1 Å². The van der Waals surface area contributed by atoms with Gasteiger partial charge in [-0.1, -0.05) is 41.4 Å². The molecule has 0 aliphatic heterocycles. The number of H-pyrrole nitrogens is 1. The highest BCUT2D eigenvalue weighted by molar-refractivity contribution is 6.39. The minimum absolute atomic E-state index is 0.243. The molecule has 9 heteroatoms. The highest BCUT2D eigenvalue weighted by atomic mass is 35.5. The number of carbonyl (C=O) groups is 1. The van der Waals surface area contributed by atoms with E-state index in [1.165, 1.54) is 23.7 Å². The first-order valence-corrected chi connectivity index (χ1v) is 13.0. The van der Waals surface area contributed by atoms with Crippen LogP contribution in [-0.2, 0) is 13.0 Å². The number of aryl methyl sites for hydroxylation is 1. The second-order valence-electron chi connectivity index (χ2n) is 9.07. The number of para-hydroxylation sites is 2. The maximum Gasteiger partial charge on any atom is 0.254 e. The Balaban J connectivity index is 1.25. The minimum atomic E-state index is -0.281. The van der Waals surface area contributed by atoms with Gasteiger partial charge in [0.2, 0.25) is 0 Å². The number of aromatic nitrogens is 4. The predicted octanol–water partition coefficient (Wildman–Crippen LogP) is 5.75. The summed E-state index contributed by atoms with van der Waals surface area (Å²) in [5.74, 6) is 0.673. The van der Waals surface area contributed by atoms with Crippen LogP contribution in [0.3, 0.4) is 0 Å². The van der Waals surface area contributed by atoms with Crippen molar-refractivity contribution in [1.82, 2.24) is 30.2 Å². The molecule has 2 N–H and O–H groups in total. The quantitative estimate of drug-likeness (QED) is 0.273. The number of halogens is 2. The fourth-order valence-electron chi connectivity index (χ4n) is 4.92. The van der Waals surface area contributed by atoms with Crippen LogP contribution in [0.2, 0.25) is 10.0 Å². The van der Waals surface area contributed by atoms with Crippen LogP contribution in [0.15, 0.2) is 55.0 Å². The van der Waals surface area contributed by atoms with Crippen molar-refractivity contribution in [1.29, 1.82) is 0 Å². The standard InChI is InChI=1S/C27H28Cl2N6O/c28-19-15-30-16-20(29)25(19)27(36)32-12-3-4-14-35(17-24-33-21-9-1-2-10-22(21)34-24)23-11-5-7-18-8-6-13-31-26(18)23/h1-2,6,8-10,13,15-16,23H,3-5,7,11-12,14,17H2,(H,32,36)(H,33,34). The average Bonchev–Trinajstić information content (AvgIpc) is 3.30. The van der Waals surface area contributed by atoms with Gasteiger partial charge < -0.3 is 10.3 Å². The third-order valence-electron chi connectivity index (χ3n) is 6.64. The van der Waals surface area contributed by atoms with Crippen molar-refractivity contribution in [2.24, 2.45) is 0 Å². The fourth-order valence-corrected chi connectivity index (χ4v) is 5.45. The number of nitrogens with one attached hydrogen (secondary N) is 2. The summed E-state index contributed by atoms with van der Waals surface area (Å²) in [6.45, 7) is 2.11. The largest absolute Gasteiger partial charge is 0.352 e. The van der Waals surface area contributed by atoms with Crippen LogP contribution < -0.4 is 5.32 Å². The van der Waals surface area contributed by atoms with E-state index < -0.39 is 0 Å². The van der Waals surface area contributed by atoms with Crippen LogP contribution in [0.1, 0.15) is 59.2 Å². The van der Waals surface area contributed by atoms with E-state index in [1.54, 1.807) is 0 Å². The molecule has 0 saturated carbocycles. The highest BCUT2D eigenvalue weighted by Gasteiger charge is 2.27. The highest BCUT2D eigenvalue weighted by Crippen LogP contribution is 2.34. The van der Waals surface area contributed by atoms with Crippen molar-refractivity contribution < 1.29 is 4.79 Å². The van der Waals surface area contributed by atoms with Crippen molar-refractivity contribution in [3.8, 4) is 0 Å². The molecular weight excluding hydrogens is 495 g/mol. The van der Waals surface area contributed by atoms with Crippen LogP contribution in [0.25, 0.3) is 11.0 Å². The Morgan fingerprint density at radius 2 is 1.94 bits per heavy atom. The maximum atomic E-state index is 12.6. The summed E-state index contributed by atoms with van der Waals surface area (Å²) >= 11 is 12.2. The Kier molecular flexibility index (Phi) is 7.80. The molecule has 0 spiro atoms. The van der Waals surface area contributed by atoms with Gasteiger partial charge in [-0.25, -0.2) is 4.98 Å². The molecule has 1 aliphatic carbocycles. The van der Waals surface area contributed by atoms with E-state index in [4.69, 9.17) is 33.2 Å². The second kappa shape index (κ2) is 11.4. The number of aromatic amines is 1. The van der Waals surface area contributed by atoms with Gasteiger partial charge in [-0.05, 0) is 62.4 Å². The zero-order valence-corrected chi connectivity index (χ0v) is 21.4. The van der Waals surface area contributed by atoms with Gasteiger partial charge in [-0.3, -0.25) is 19.7 Å². The number of rotatable bonds is 9. The molecule has 4 aromatic rings. The number of benzene rings is 1. The van der Waals surface area contributed by atoms with Crippen molar-refractivity contribution >= 4 is 40.1 Å². The van der Waals surface area contributed by atoms with Crippen LogP contribution in [0.4, 0.5) is 0 Å². The lowest BCUT2D eigenvalue weighted by Crippen LogP contribution is -2.33. The van der Waals surface area contributed by atoms with Crippen LogP contribution >= 0.6 is 23.2 Å². The molecule has 0 fully saturated rings. The Bertz CT molecular complexity index is 1300. The SMILES string of the molecule is O=C(NCCCCN(Cc1nc2ccccc2[nH]1)C1CCCc2cccnc21)c1c(Cl)cncc1Cl. The molecule has 1 unspecified atom stereocenters. The first kappa shape index (κ1) is 24.7. The molecule has 0 radical (unpaired) electrons. The number of imidazole rings is 1. The summed E-state index contributed by atoms with van der Waals surface area (Å²) in [6.07, 6.45) is 9.76. The molecule has 186 valence electrons. The van der Waals surface area contributed by atoms with Gasteiger partial charge in [0.25, 0.3) is 5.91 Å². The molecule has 0 bridgehead atoms. The third-order valence-corrected chi connectivity index (χ3v) is 7.21. The molecule has 1 atom stereocenters. The number of fused-ring (bicyclic) bond motifs is 2. The molecule has 1 aliphatic rings. The van der Waals surface area contributed by atoms with Crippen molar-refractivity contribution in [3.63, 3.8) is 0 Å². The van der Waals surface area contributed by atoms with Gasteiger partial charge in [0.1, 0.15) is 5.82 Å². The maximum absolute atomic E-state index is 12.6.